The summed E-state index contributed by atoms with van der Waals surface area (Å²) >= 11 is 5.92. The van der Waals surface area contributed by atoms with Crippen LogP contribution in [0, 0.1) is 5.92 Å². The van der Waals surface area contributed by atoms with Crippen LogP contribution in [0.15, 0.2) is 36.4 Å². The van der Waals surface area contributed by atoms with Gasteiger partial charge >= 0.3 is 12.0 Å². The molecule has 0 saturated heterocycles. The van der Waals surface area contributed by atoms with Crippen molar-refractivity contribution in [2.24, 2.45) is 5.92 Å². The molecule has 0 aromatic heterocycles. The van der Waals surface area contributed by atoms with Crippen LogP contribution in [0.2, 0.25) is 5.02 Å². The predicted octanol–water partition coefficient (Wildman–Crippen LogP) is 2.49. The zero-order chi connectivity index (χ0) is 13.8. The Labute approximate surface area is 115 Å². The van der Waals surface area contributed by atoms with Crippen molar-refractivity contribution in [1.82, 2.24) is 5.32 Å². The molecule has 1 aromatic carbocycles. The monoisotopic (exact) mass is 280 g/mol. The third kappa shape index (κ3) is 3.48. The highest BCUT2D eigenvalue weighted by Crippen LogP contribution is 2.21. The molecule has 100 valence electrons. The molecule has 0 fully saturated rings. The number of carbonyl (C=O) groups is 2. The van der Waals surface area contributed by atoms with Gasteiger partial charge < -0.3 is 15.7 Å². The second-order valence-electron chi connectivity index (χ2n) is 4.25. The number of hydrogen-bond acceptors (Lipinski definition) is 2. The van der Waals surface area contributed by atoms with Gasteiger partial charge in [-0.05, 0) is 18.6 Å². The zero-order valence-corrected chi connectivity index (χ0v) is 10.7. The molecule has 1 aromatic rings. The summed E-state index contributed by atoms with van der Waals surface area (Å²) in [7, 11) is 0. The van der Waals surface area contributed by atoms with Crippen molar-refractivity contribution >= 4 is 29.3 Å². The Morgan fingerprint density at radius 1 is 1.26 bits per heavy atom. The van der Waals surface area contributed by atoms with Crippen LogP contribution < -0.4 is 10.6 Å². The van der Waals surface area contributed by atoms with E-state index in [4.69, 9.17) is 16.7 Å². The number of carboxylic acid groups (broad SMARTS) is 1. The number of urea groups is 1. The SMILES string of the molecule is O=C(Nc1ccccc1Cl)NC1C=CC(C(=O)O)C1. The molecule has 1 aliphatic rings. The first-order chi connectivity index (χ1) is 9.06. The van der Waals surface area contributed by atoms with Crippen LogP contribution in [0.5, 0.6) is 0 Å². The fourth-order valence-electron chi connectivity index (χ4n) is 1.88. The number of hydrogen-bond donors (Lipinski definition) is 3. The number of nitrogens with one attached hydrogen (secondary N) is 2. The summed E-state index contributed by atoms with van der Waals surface area (Å²) in [5.41, 5.74) is 0.512. The largest absolute Gasteiger partial charge is 0.481 e. The molecule has 0 heterocycles. The summed E-state index contributed by atoms with van der Waals surface area (Å²) in [6.07, 6.45) is 3.64. The van der Waals surface area contributed by atoms with E-state index in [1.54, 1.807) is 36.4 Å². The summed E-state index contributed by atoms with van der Waals surface area (Å²) in [5.74, 6) is -1.42. The number of anilines is 1. The van der Waals surface area contributed by atoms with Gasteiger partial charge in [-0.3, -0.25) is 4.79 Å². The number of rotatable bonds is 3. The van der Waals surface area contributed by atoms with Gasteiger partial charge in [0, 0.05) is 0 Å². The van der Waals surface area contributed by atoms with Crippen molar-refractivity contribution < 1.29 is 14.7 Å². The Kier molecular flexibility index (Phi) is 4.06. The van der Waals surface area contributed by atoms with E-state index in [2.05, 4.69) is 10.6 Å². The van der Waals surface area contributed by atoms with E-state index in [1.807, 2.05) is 0 Å². The van der Waals surface area contributed by atoms with Gasteiger partial charge in [0.2, 0.25) is 0 Å². The Bertz CT molecular complexity index is 530. The number of carbonyl (C=O) groups excluding carboxylic acids is 1. The van der Waals surface area contributed by atoms with Crippen LogP contribution in [0.3, 0.4) is 0 Å². The lowest BCUT2D eigenvalue weighted by atomic mass is 10.1. The zero-order valence-electron chi connectivity index (χ0n) is 9.97. The molecule has 2 amide bonds. The Morgan fingerprint density at radius 2 is 2.00 bits per heavy atom. The second-order valence-corrected chi connectivity index (χ2v) is 4.66. The third-order valence-electron chi connectivity index (χ3n) is 2.84. The molecule has 5 nitrogen and oxygen atoms in total. The van der Waals surface area contributed by atoms with Gasteiger partial charge in [0.25, 0.3) is 0 Å². The minimum atomic E-state index is -0.882. The first kappa shape index (κ1) is 13.4. The first-order valence-corrected chi connectivity index (χ1v) is 6.17. The molecule has 0 aliphatic heterocycles. The highest BCUT2D eigenvalue weighted by Gasteiger charge is 2.25. The van der Waals surface area contributed by atoms with E-state index in [-0.39, 0.29) is 6.04 Å². The highest BCUT2D eigenvalue weighted by molar-refractivity contribution is 6.33. The van der Waals surface area contributed by atoms with E-state index in [1.165, 1.54) is 0 Å². The van der Waals surface area contributed by atoms with Gasteiger partial charge in [-0.1, -0.05) is 35.9 Å². The average Bonchev–Trinajstić information content (AvgIpc) is 2.80. The van der Waals surface area contributed by atoms with Crippen molar-refractivity contribution in [3.8, 4) is 0 Å². The summed E-state index contributed by atoms with van der Waals surface area (Å²) in [6, 6.07) is 6.21. The van der Waals surface area contributed by atoms with Gasteiger partial charge in [0.1, 0.15) is 0 Å². The first-order valence-electron chi connectivity index (χ1n) is 5.79. The fraction of sp³-hybridized carbons (Fsp3) is 0.231. The van der Waals surface area contributed by atoms with Gasteiger partial charge in [-0.15, -0.1) is 0 Å². The summed E-state index contributed by atoms with van der Waals surface area (Å²) in [6.45, 7) is 0. The van der Waals surface area contributed by atoms with E-state index in [0.717, 1.165) is 0 Å². The molecule has 2 unspecified atom stereocenters. The Hall–Kier alpha value is -2.01. The third-order valence-corrected chi connectivity index (χ3v) is 3.17. The summed E-state index contributed by atoms with van der Waals surface area (Å²) < 4.78 is 0. The summed E-state index contributed by atoms with van der Waals surface area (Å²) in [4.78, 5) is 22.5. The lowest BCUT2D eigenvalue weighted by molar-refractivity contribution is -0.140. The van der Waals surface area contributed by atoms with E-state index >= 15 is 0 Å². The summed E-state index contributed by atoms with van der Waals surface area (Å²) in [5, 5.41) is 14.6. The number of amides is 2. The van der Waals surface area contributed by atoms with Crippen molar-refractivity contribution in [3.05, 3.63) is 41.4 Å². The predicted molar refractivity (Wildman–Crippen MR) is 72.3 cm³/mol. The molecule has 6 heteroatoms. The number of halogens is 1. The average molecular weight is 281 g/mol. The topological polar surface area (TPSA) is 78.4 Å². The molecule has 2 atom stereocenters. The Balaban J connectivity index is 1.88. The van der Waals surface area contributed by atoms with Crippen molar-refractivity contribution in [2.75, 3.05) is 5.32 Å². The number of para-hydroxylation sites is 1. The number of benzene rings is 1. The smallest absolute Gasteiger partial charge is 0.319 e. The van der Waals surface area contributed by atoms with E-state index in [9.17, 15) is 9.59 Å². The molecule has 3 N–H and O–H groups in total. The minimum Gasteiger partial charge on any atom is -0.481 e. The van der Waals surface area contributed by atoms with E-state index < -0.39 is 17.9 Å². The molecule has 0 spiro atoms. The second kappa shape index (κ2) is 5.75. The quantitative estimate of drug-likeness (QED) is 0.744. The minimum absolute atomic E-state index is 0.274. The van der Waals surface area contributed by atoms with Crippen LogP contribution in [-0.4, -0.2) is 23.1 Å². The highest BCUT2D eigenvalue weighted by atomic mass is 35.5. The molecule has 2 rings (SSSR count). The maximum atomic E-state index is 11.7. The molecule has 0 bridgehead atoms. The molecular formula is C13H13ClN2O3. The Morgan fingerprint density at radius 3 is 2.63 bits per heavy atom. The molecule has 1 aliphatic carbocycles. The van der Waals surface area contributed by atoms with Crippen LogP contribution in [0.25, 0.3) is 0 Å². The van der Waals surface area contributed by atoms with Crippen molar-refractivity contribution in [1.29, 1.82) is 0 Å². The molecular weight excluding hydrogens is 268 g/mol. The fourth-order valence-corrected chi connectivity index (χ4v) is 2.06. The lowest BCUT2D eigenvalue weighted by Crippen LogP contribution is -2.36. The lowest BCUT2D eigenvalue weighted by Gasteiger charge is -2.13. The van der Waals surface area contributed by atoms with Gasteiger partial charge in [0.05, 0.1) is 22.7 Å². The van der Waals surface area contributed by atoms with Crippen molar-refractivity contribution in [3.63, 3.8) is 0 Å². The van der Waals surface area contributed by atoms with Crippen LogP contribution in [-0.2, 0) is 4.79 Å². The van der Waals surface area contributed by atoms with Crippen LogP contribution in [0.4, 0.5) is 10.5 Å². The maximum Gasteiger partial charge on any atom is 0.319 e. The van der Waals surface area contributed by atoms with Crippen LogP contribution >= 0.6 is 11.6 Å². The van der Waals surface area contributed by atoms with Gasteiger partial charge in [0.15, 0.2) is 0 Å². The van der Waals surface area contributed by atoms with E-state index in [0.29, 0.717) is 17.1 Å². The molecule has 19 heavy (non-hydrogen) atoms. The number of carboxylic acids is 1. The van der Waals surface area contributed by atoms with Gasteiger partial charge in [-0.2, -0.15) is 0 Å². The number of aliphatic carboxylic acids is 1. The maximum absolute atomic E-state index is 11.7. The standard InChI is InChI=1S/C13H13ClN2O3/c14-10-3-1-2-4-11(10)16-13(19)15-9-6-5-8(7-9)12(17)18/h1-6,8-9H,7H2,(H,17,18)(H2,15,16,19). The molecule has 0 saturated carbocycles. The molecule has 0 radical (unpaired) electrons. The normalized spacial score (nSPS) is 21.1. The van der Waals surface area contributed by atoms with Crippen molar-refractivity contribution in [2.45, 2.75) is 12.5 Å². The van der Waals surface area contributed by atoms with Crippen LogP contribution in [0.1, 0.15) is 6.42 Å². The van der Waals surface area contributed by atoms with Gasteiger partial charge in [-0.25, -0.2) is 4.79 Å².